The zero-order valence-electron chi connectivity index (χ0n) is 9.86. The lowest BCUT2D eigenvalue weighted by molar-refractivity contribution is 0.311. The normalized spacial score (nSPS) is 16.7. The Balaban J connectivity index is 1.94. The van der Waals surface area contributed by atoms with E-state index in [1.807, 2.05) is 12.1 Å². The van der Waals surface area contributed by atoms with Gasteiger partial charge in [0.05, 0.1) is 7.11 Å². The van der Waals surface area contributed by atoms with Crippen LogP contribution in [0.4, 0.5) is 0 Å². The van der Waals surface area contributed by atoms with E-state index < -0.39 is 0 Å². The van der Waals surface area contributed by atoms with Gasteiger partial charge < -0.3 is 9.64 Å². The van der Waals surface area contributed by atoms with E-state index >= 15 is 0 Å². The van der Waals surface area contributed by atoms with Crippen LogP contribution in [0.1, 0.15) is 24.8 Å². The van der Waals surface area contributed by atoms with Crippen molar-refractivity contribution in [3.63, 3.8) is 0 Å². The summed E-state index contributed by atoms with van der Waals surface area (Å²) < 4.78 is 5.13. The van der Waals surface area contributed by atoms with Crippen molar-refractivity contribution in [2.45, 2.75) is 19.3 Å². The Morgan fingerprint density at radius 2 is 1.75 bits per heavy atom. The molecule has 1 aromatic carbocycles. The van der Waals surface area contributed by atoms with Gasteiger partial charge in [0.15, 0.2) is 0 Å². The van der Waals surface area contributed by atoms with E-state index in [0.717, 1.165) is 5.75 Å². The van der Waals surface area contributed by atoms with Crippen molar-refractivity contribution in [2.24, 2.45) is 0 Å². The highest BCUT2D eigenvalue weighted by Crippen LogP contribution is 2.14. The van der Waals surface area contributed by atoms with Crippen LogP contribution >= 0.6 is 0 Å². The average Bonchev–Trinajstić information content (AvgIpc) is 2.38. The molecule has 0 amide bonds. The molecule has 1 aliphatic rings. The van der Waals surface area contributed by atoms with Gasteiger partial charge in [0.1, 0.15) is 5.75 Å². The third-order valence-corrected chi connectivity index (χ3v) is 2.98. The van der Waals surface area contributed by atoms with Crippen molar-refractivity contribution < 1.29 is 4.74 Å². The predicted molar refractivity (Wildman–Crippen MR) is 67.5 cm³/mol. The molecule has 0 radical (unpaired) electrons. The first-order valence-electron chi connectivity index (χ1n) is 5.95. The van der Waals surface area contributed by atoms with Gasteiger partial charge in [-0.2, -0.15) is 0 Å². The van der Waals surface area contributed by atoms with Gasteiger partial charge in [-0.25, -0.2) is 0 Å². The Labute approximate surface area is 97.5 Å². The van der Waals surface area contributed by atoms with E-state index in [0.29, 0.717) is 0 Å². The van der Waals surface area contributed by atoms with E-state index in [1.165, 1.54) is 37.9 Å². The molecule has 0 unspecified atom stereocenters. The van der Waals surface area contributed by atoms with Crippen molar-refractivity contribution in [1.29, 1.82) is 0 Å². The predicted octanol–water partition coefficient (Wildman–Crippen LogP) is 3.15. The molecule has 0 N–H and O–H groups in total. The molecular formula is C14H19NO. The Hall–Kier alpha value is -1.44. The first kappa shape index (κ1) is 11.1. The maximum Gasteiger partial charge on any atom is 0.118 e. The van der Waals surface area contributed by atoms with Gasteiger partial charge in [-0.1, -0.05) is 12.1 Å². The molecule has 0 aromatic heterocycles. The third-order valence-electron chi connectivity index (χ3n) is 2.98. The molecule has 1 saturated heterocycles. The monoisotopic (exact) mass is 217 g/mol. The molecule has 0 spiro atoms. The van der Waals surface area contributed by atoms with Gasteiger partial charge in [-0.15, -0.1) is 0 Å². The molecule has 1 heterocycles. The minimum absolute atomic E-state index is 0.912. The molecule has 0 saturated carbocycles. The van der Waals surface area contributed by atoms with Gasteiger partial charge >= 0.3 is 0 Å². The standard InChI is InChI=1S/C14H19NO/c1-16-14-7-5-13(6-8-14)9-12-15-10-3-2-4-11-15/h5-9,12H,2-4,10-11H2,1H3/b12-9+. The highest BCUT2D eigenvalue weighted by atomic mass is 16.5. The van der Waals surface area contributed by atoms with Crippen molar-refractivity contribution in [3.8, 4) is 5.75 Å². The minimum atomic E-state index is 0.912. The first-order chi connectivity index (χ1) is 7.88. The number of benzene rings is 1. The summed E-state index contributed by atoms with van der Waals surface area (Å²) in [5.41, 5.74) is 1.23. The fraction of sp³-hybridized carbons (Fsp3) is 0.429. The number of hydrogen-bond donors (Lipinski definition) is 0. The minimum Gasteiger partial charge on any atom is -0.497 e. The Kier molecular flexibility index (Phi) is 3.86. The highest BCUT2D eigenvalue weighted by molar-refractivity contribution is 5.50. The number of methoxy groups -OCH3 is 1. The van der Waals surface area contributed by atoms with E-state index in [2.05, 4.69) is 29.3 Å². The number of nitrogens with zero attached hydrogens (tertiary/aromatic N) is 1. The molecule has 2 heteroatoms. The molecule has 0 aliphatic carbocycles. The summed E-state index contributed by atoms with van der Waals surface area (Å²) in [4.78, 5) is 2.40. The highest BCUT2D eigenvalue weighted by Gasteiger charge is 2.04. The van der Waals surface area contributed by atoms with Crippen LogP contribution < -0.4 is 4.74 Å². The molecule has 1 fully saturated rings. The Bertz CT molecular complexity index is 336. The molecule has 2 nitrogen and oxygen atoms in total. The Morgan fingerprint density at radius 3 is 2.38 bits per heavy atom. The van der Waals surface area contributed by atoms with Gasteiger partial charge in [-0.3, -0.25) is 0 Å². The molecule has 0 bridgehead atoms. The van der Waals surface area contributed by atoms with Crippen LogP contribution in [0.25, 0.3) is 6.08 Å². The summed E-state index contributed by atoms with van der Waals surface area (Å²) in [6.45, 7) is 2.40. The second kappa shape index (κ2) is 5.59. The van der Waals surface area contributed by atoms with Crippen molar-refractivity contribution >= 4 is 6.08 Å². The molecular weight excluding hydrogens is 198 g/mol. The molecule has 1 aliphatic heterocycles. The second-order valence-electron chi connectivity index (χ2n) is 4.19. The van der Waals surface area contributed by atoms with Crippen LogP contribution in [0.15, 0.2) is 30.5 Å². The number of ether oxygens (including phenoxy) is 1. The van der Waals surface area contributed by atoms with Crippen molar-refractivity contribution in [2.75, 3.05) is 20.2 Å². The van der Waals surface area contributed by atoms with Crippen LogP contribution in [-0.2, 0) is 0 Å². The van der Waals surface area contributed by atoms with Gasteiger partial charge in [0.2, 0.25) is 0 Å². The first-order valence-corrected chi connectivity index (χ1v) is 5.95. The lowest BCUT2D eigenvalue weighted by atomic mass is 10.1. The summed E-state index contributed by atoms with van der Waals surface area (Å²) in [5, 5.41) is 0. The number of hydrogen-bond acceptors (Lipinski definition) is 2. The molecule has 16 heavy (non-hydrogen) atoms. The van der Waals surface area contributed by atoms with Gasteiger partial charge in [-0.05, 0) is 49.2 Å². The summed E-state index contributed by atoms with van der Waals surface area (Å²) in [6, 6.07) is 8.16. The van der Waals surface area contributed by atoms with Gasteiger partial charge in [0, 0.05) is 13.1 Å². The maximum absolute atomic E-state index is 5.13. The van der Waals surface area contributed by atoms with Crippen molar-refractivity contribution in [1.82, 2.24) is 4.90 Å². The average molecular weight is 217 g/mol. The zero-order valence-corrected chi connectivity index (χ0v) is 9.86. The number of piperidine rings is 1. The molecule has 2 rings (SSSR count). The molecule has 0 atom stereocenters. The fourth-order valence-corrected chi connectivity index (χ4v) is 1.97. The number of likely N-dealkylation sites (tertiary alicyclic amines) is 1. The van der Waals surface area contributed by atoms with Crippen LogP contribution in [-0.4, -0.2) is 25.1 Å². The Morgan fingerprint density at radius 1 is 1.06 bits per heavy atom. The topological polar surface area (TPSA) is 12.5 Å². The fourth-order valence-electron chi connectivity index (χ4n) is 1.97. The lowest BCUT2D eigenvalue weighted by Gasteiger charge is -2.24. The van der Waals surface area contributed by atoms with Crippen LogP contribution in [0, 0.1) is 0 Å². The zero-order chi connectivity index (χ0) is 11.2. The summed E-state index contributed by atoms with van der Waals surface area (Å²) in [6.07, 6.45) is 8.42. The second-order valence-corrected chi connectivity index (χ2v) is 4.19. The van der Waals surface area contributed by atoms with Crippen molar-refractivity contribution in [3.05, 3.63) is 36.0 Å². The van der Waals surface area contributed by atoms with E-state index in [1.54, 1.807) is 7.11 Å². The quantitative estimate of drug-likeness (QED) is 0.771. The van der Waals surface area contributed by atoms with Gasteiger partial charge in [0.25, 0.3) is 0 Å². The molecule has 86 valence electrons. The van der Waals surface area contributed by atoms with Crippen LogP contribution in [0.2, 0.25) is 0 Å². The number of rotatable bonds is 3. The van der Waals surface area contributed by atoms with E-state index in [9.17, 15) is 0 Å². The third kappa shape index (κ3) is 3.02. The summed E-state index contributed by atoms with van der Waals surface area (Å²) in [7, 11) is 1.69. The molecule has 1 aromatic rings. The van der Waals surface area contributed by atoms with Crippen LogP contribution in [0.5, 0.6) is 5.75 Å². The lowest BCUT2D eigenvalue weighted by Crippen LogP contribution is -2.23. The maximum atomic E-state index is 5.13. The van der Waals surface area contributed by atoms with E-state index in [4.69, 9.17) is 4.74 Å². The summed E-state index contributed by atoms with van der Waals surface area (Å²) >= 11 is 0. The van der Waals surface area contributed by atoms with E-state index in [-0.39, 0.29) is 0 Å². The summed E-state index contributed by atoms with van der Waals surface area (Å²) in [5.74, 6) is 0.912. The van der Waals surface area contributed by atoms with Crippen LogP contribution in [0.3, 0.4) is 0 Å². The SMILES string of the molecule is COc1ccc(/C=C/N2CCCCC2)cc1. The largest absolute Gasteiger partial charge is 0.497 e. The smallest absolute Gasteiger partial charge is 0.118 e.